The Balaban J connectivity index is 2.45. The zero-order valence-corrected chi connectivity index (χ0v) is 8.40. The Kier molecular flexibility index (Phi) is 2.45. The van der Waals surface area contributed by atoms with Crippen molar-refractivity contribution in [2.24, 2.45) is 0 Å². The minimum atomic E-state index is 0.712. The normalized spacial score (nSPS) is 11.0. The molecule has 0 amide bonds. The fourth-order valence-corrected chi connectivity index (χ4v) is 1.55. The van der Waals surface area contributed by atoms with Gasteiger partial charge >= 0.3 is 0 Å². The monoisotopic (exact) mass is 191 g/mol. The van der Waals surface area contributed by atoms with Crippen molar-refractivity contribution in [3.8, 4) is 0 Å². The molecule has 0 aliphatic carbocycles. The summed E-state index contributed by atoms with van der Waals surface area (Å²) < 4.78 is 7.07. The van der Waals surface area contributed by atoms with Crippen LogP contribution in [0.5, 0.6) is 0 Å². The van der Waals surface area contributed by atoms with Gasteiger partial charge in [0.15, 0.2) is 0 Å². The van der Waals surface area contributed by atoms with E-state index in [1.165, 1.54) is 5.69 Å². The van der Waals surface area contributed by atoms with Crippen molar-refractivity contribution in [1.29, 1.82) is 0 Å². The summed E-state index contributed by atoms with van der Waals surface area (Å²) in [5, 5.41) is 0. The molecule has 0 bridgehead atoms. The Morgan fingerprint density at radius 3 is 3.14 bits per heavy atom. The van der Waals surface area contributed by atoms with E-state index in [0.717, 1.165) is 17.9 Å². The van der Waals surface area contributed by atoms with Gasteiger partial charge in [-0.1, -0.05) is 0 Å². The first-order valence-electron chi connectivity index (χ1n) is 4.60. The highest BCUT2D eigenvalue weighted by Crippen LogP contribution is 2.10. The summed E-state index contributed by atoms with van der Waals surface area (Å²) in [5.41, 5.74) is 2.20. The number of ether oxygens (including phenoxy) is 1. The van der Waals surface area contributed by atoms with E-state index in [0.29, 0.717) is 6.61 Å². The third-order valence-electron chi connectivity index (χ3n) is 2.25. The predicted octanol–water partition coefficient (Wildman–Crippen LogP) is 1.23. The Bertz CT molecular complexity index is 436. The van der Waals surface area contributed by atoms with Crippen LogP contribution in [0.1, 0.15) is 11.4 Å². The van der Waals surface area contributed by atoms with Crippen molar-refractivity contribution in [1.82, 2.24) is 14.4 Å². The minimum Gasteiger partial charge on any atom is -0.384 e. The summed E-state index contributed by atoms with van der Waals surface area (Å²) in [6, 6.07) is 1.91. The maximum Gasteiger partial charge on any atom is 0.234 e. The highest BCUT2D eigenvalue weighted by atomic mass is 16.5. The van der Waals surface area contributed by atoms with Gasteiger partial charge in [-0.25, -0.2) is 9.97 Å². The van der Waals surface area contributed by atoms with Crippen LogP contribution in [0.3, 0.4) is 0 Å². The molecule has 0 saturated carbocycles. The maximum atomic E-state index is 5.06. The topological polar surface area (TPSA) is 39.4 Å². The quantitative estimate of drug-likeness (QED) is 0.732. The molecular weight excluding hydrogens is 178 g/mol. The number of aromatic nitrogens is 3. The average Bonchev–Trinajstić information content (AvgIpc) is 2.51. The summed E-state index contributed by atoms with van der Waals surface area (Å²) in [6.07, 6.45) is 4.60. The van der Waals surface area contributed by atoms with E-state index in [9.17, 15) is 0 Å². The molecule has 0 aliphatic heterocycles. The predicted molar refractivity (Wildman–Crippen MR) is 53.3 cm³/mol. The first-order valence-corrected chi connectivity index (χ1v) is 4.60. The number of fused-ring (bicyclic) bond motifs is 1. The largest absolute Gasteiger partial charge is 0.384 e. The number of rotatable bonds is 3. The number of hydrogen-bond acceptors (Lipinski definition) is 3. The fourth-order valence-electron chi connectivity index (χ4n) is 1.55. The Labute approximate surface area is 82.6 Å². The van der Waals surface area contributed by atoms with Crippen LogP contribution in [-0.4, -0.2) is 28.1 Å². The minimum absolute atomic E-state index is 0.712. The summed E-state index contributed by atoms with van der Waals surface area (Å²) in [4.78, 5) is 8.54. The second-order valence-electron chi connectivity index (χ2n) is 3.18. The molecule has 0 radical (unpaired) electrons. The molecule has 0 spiro atoms. The number of hydrogen-bond donors (Lipinski definition) is 0. The number of aryl methyl sites for hydroxylation is 1. The fraction of sp³-hybridized carbons (Fsp3) is 0.400. The lowest BCUT2D eigenvalue weighted by molar-refractivity contribution is 0.201. The van der Waals surface area contributed by atoms with Gasteiger partial charge in [-0.2, -0.15) is 0 Å². The van der Waals surface area contributed by atoms with Crippen molar-refractivity contribution in [3.05, 3.63) is 29.8 Å². The van der Waals surface area contributed by atoms with Crippen molar-refractivity contribution >= 4 is 5.78 Å². The van der Waals surface area contributed by atoms with E-state index in [1.807, 2.05) is 23.6 Å². The van der Waals surface area contributed by atoms with Gasteiger partial charge in [-0.15, -0.1) is 0 Å². The van der Waals surface area contributed by atoms with Crippen LogP contribution in [0.4, 0.5) is 0 Å². The molecule has 4 heteroatoms. The average molecular weight is 191 g/mol. The lowest BCUT2D eigenvalue weighted by atomic mass is 10.3. The molecule has 0 aliphatic rings. The van der Waals surface area contributed by atoms with Gasteiger partial charge in [0.1, 0.15) is 0 Å². The standard InChI is InChI=1S/C10H13N3O/c1-8-9(4-7-14-2)13-6-3-5-11-10(13)12-8/h3,5-6H,4,7H2,1-2H3. The smallest absolute Gasteiger partial charge is 0.234 e. The van der Waals surface area contributed by atoms with Crippen molar-refractivity contribution in [2.75, 3.05) is 13.7 Å². The first kappa shape index (κ1) is 9.15. The van der Waals surface area contributed by atoms with Crippen molar-refractivity contribution in [2.45, 2.75) is 13.3 Å². The van der Waals surface area contributed by atoms with Crippen LogP contribution < -0.4 is 0 Å². The van der Waals surface area contributed by atoms with Crippen LogP contribution in [0.15, 0.2) is 18.5 Å². The molecule has 74 valence electrons. The zero-order chi connectivity index (χ0) is 9.97. The molecule has 0 atom stereocenters. The van der Waals surface area contributed by atoms with Crippen molar-refractivity contribution in [3.63, 3.8) is 0 Å². The summed E-state index contributed by atoms with van der Waals surface area (Å²) in [7, 11) is 1.71. The highest BCUT2D eigenvalue weighted by molar-refractivity contribution is 5.34. The molecule has 4 nitrogen and oxygen atoms in total. The molecule has 0 fully saturated rings. The summed E-state index contributed by atoms with van der Waals surface area (Å²) >= 11 is 0. The molecule has 0 unspecified atom stereocenters. The maximum absolute atomic E-state index is 5.06. The molecule has 0 aromatic carbocycles. The van der Waals surface area contributed by atoms with Crippen LogP contribution >= 0.6 is 0 Å². The molecule has 0 N–H and O–H groups in total. The number of methoxy groups -OCH3 is 1. The Morgan fingerprint density at radius 2 is 2.36 bits per heavy atom. The lowest BCUT2D eigenvalue weighted by Crippen LogP contribution is -2.00. The molecule has 14 heavy (non-hydrogen) atoms. The van der Waals surface area contributed by atoms with Crippen LogP contribution in [0.25, 0.3) is 5.78 Å². The molecule has 2 aromatic rings. The van der Waals surface area contributed by atoms with E-state index in [2.05, 4.69) is 9.97 Å². The zero-order valence-electron chi connectivity index (χ0n) is 8.40. The molecule has 2 rings (SSSR count). The SMILES string of the molecule is COCCc1c(C)nc2ncccn12. The number of imidazole rings is 1. The van der Waals surface area contributed by atoms with E-state index in [-0.39, 0.29) is 0 Å². The Hall–Kier alpha value is -1.42. The third-order valence-corrected chi connectivity index (χ3v) is 2.25. The van der Waals surface area contributed by atoms with E-state index < -0.39 is 0 Å². The first-order chi connectivity index (χ1) is 6.83. The van der Waals surface area contributed by atoms with Crippen LogP contribution in [0, 0.1) is 6.92 Å². The van der Waals surface area contributed by atoms with Gasteiger partial charge in [0.05, 0.1) is 12.3 Å². The molecule has 2 aromatic heterocycles. The van der Waals surface area contributed by atoms with Crippen LogP contribution in [0.2, 0.25) is 0 Å². The van der Waals surface area contributed by atoms with Gasteiger partial charge in [0.2, 0.25) is 5.78 Å². The van der Waals surface area contributed by atoms with Gasteiger partial charge in [0, 0.05) is 31.6 Å². The van der Waals surface area contributed by atoms with Gasteiger partial charge in [-0.3, -0.25) is 4.40 Å². The van der Waals surface area contributed by atoms with Gasteiger partial charge in [-0.05, 0) is 13.0 Å². The molecule has 0 saturated heterocycles. The van der Waals surface area contributed by atoms with Crippen molar-refractivity contribution < 1.29 is 4.74 Å². The second kappa shape index (κ2) is 3.75. The van der Waals surface area contributed by atoms with Crippen LogP contribution in [-0.2, 0) is 11.2 Å². The number of nitrogens with zero attached hydrogens (tertiary/aromatic N) is 3. The summed E-state index contributed by atoms with van der Waals surface area (Å²) in [6.45, 7) is 2.71. The molecule has 2 heterocycles. The third kappa shape index (κ3) is 1.48. The lowest BCUT2D eigenvalue weighted by Gasteiger charge is -2.00. The van der Waals surface area contributed by atoms with Gasteiger partial charge in [0.25, 0.3) is 0 Å². The summed E-state index contributed by atoms with van der Waals surface area (Å²) in [5.74, 6) is 0.760. The van der Waals surface area contributed by atoms with E-state index in [4.69, 9.17) is 4.74 Å². The highest BCUT2D eigenvalue weighted by Gasteiger charge is 2.07. The van der Waals surface area contributed by atoms with Gasteiger partial charge < -0.3 is 4.74 Å². The molecular formula is C10H13N3O. The Morgan fingerprint density at radius 1 is 1.50 bits per heavy atom. The second-order valence-corrected chi connectivity index (χ2v) is 3.18. The van der Waals surface area contributed by atoms with E-state index >= 15 is 0 Å². The van der Waals surface area contributed by atoms with E-state index in [1.54, 1.807) is 13.3 Å².